The fourth-order valence-corrected chi connectivity index (χ4v) is 3.32. The van der Waals surface area contributed by atoms with Crippen LogP contribution >= 0.6 is 0 Å². The van der Waals surface area contributed by atoms with Gasteiger partial charge in [-0.25, -0.2) is 9.69 Å². The number of carbonyl (C=O) groups excluding carboxylic acids is 3. The smallest absolute Gasteiger partial charge is 0.416 e. The first-order valence-electron chi connectivity index (χ1n) is 7.84. The van der Waals surface area contributed by atoms with Crippen molar-refractivity contribution in [2.45, 2.75) is 19.9 Å². The lowest BCUT2D eigenvalue weighted by atomic mass is 9.73. The van der Waals surface area contributed by atoms with E-state index in [-0.39, 0.29) is 36.8 Å². The largest absolute Gasteiger partial charge is 0.447 e. The number of piperidine rings is 1. The molecule has 1 aromatic rings. The van der Waals surface area contributed by atoms with Gasteiger partial charge in [0.15, 0.2) is 0 Å². The van der Waals surface area contributed by atoms with Gasteiger partial charge in [0.1, 0.15) is 6.61 Å². The number of imide groups is 1. The van der Waals surface area contributed by atoms with E-state index in [2.05, 4.69) is 5.32 Å². The molecule has 2 aliphatic heterocycles. The average Bonchev–Trinajstić information content (AvgIpc) is 2.98. The van der Waals surface area contributed by atoms with Crippen LogP contribution in [0.25, 0.3) is 0 Å². The first kappa shape index (κ1) is 15.5. The van der Waals surface area contributed by atoms with Crippen molar-refractivity contribution in [3.05, 3.63) is 35.9 Å². The zero-order valence-electron chi connectivity index (χ0n) is 13.2. The number of amides is 3. The van der Waals surface area contributed by atoms with Gasteiger partial charge >= 0.3 is 6.09 Å². The monoisotopic (exact) mass is 316 g/mol. The van der Waals surface area contributed by atoms with Crippen LogP contribution in [0.15, 0.2) is 30.3 Å². The molecule has 2 aliphatic rings. The molecule has 3 amide bonds. The molecule has 2 saturated heterocycles. The molecule has 1 aromatic carbocycles. The van der Waals surface area contributed by atoms with Gasteiger partial charge in [0.05, 0.1) is 18.5 Å². The summed E-state index contributed by atoms with van der Waals surface area (Å²) in [6.45, 7) is 4.20. The van der Waals surface area contributed by atoms with E-state index in [0.29, 0.717) is 0 Å². The summed E-state index contributed by atoms with van der Waals surface area (Å²) in [5.74, 6) is -1.30. The highest BCUT2D eigenvalue weighted by Crippen LogP contribution is 2.38. The van der Waals surface area contributed by atoms with Gasteiger partial charge in [0.25, 0.3) is 0 Å². The minimum Gasteiger partial charge on any atom is -0.447 e. The lowest BCUT2D eigenvalue weighted by Gasteiger charge is -2.40. The SMILES string of the molecule is C[C@@H]1[C@@H](C(=O)N2CCOC2=O)[C@@H](c2ccccc2)NC(=O)[C@H]1C. The van der Waals surface area contributed by atoms with E-state index >= 15 is 0 Å². The van der Waals surface area contributed by atoms with Crippen LogP contribution in [0.5, 0.6) is 0 Å². The highest BCUT2D eigenvalue weighted by Gasteiger charge is 2.47. The second-order valence-electron chi connectivity index (χ2n) is 6.17. The third-order valence-electron chi connectivity index (χ3n) is 4.90. The summed E-state index contributed by atoms with van der Waals surface area (Å²) >= 11 is 0. The highest BCUT2D eigenvalue weighted by molar-refractivity contribution is 5.96. The number of hydrogen-bond donors (Lipinski definition) is 1. The van der Waals surface area contributed by atoms with Crippen LogP contribution in [0, 0.1) is 17.8 Å². The summed E-state index contributed by atoms with van der Waals surface area (Å²) in [5, 5.41) is 2.94. The topological polar surface area (TPSA) is 75.7 Å². The molecule has 1 N–H and O–H groups in total. The van der Waals surface area contributed by atoms with Gasteiger partial charge in [-0.1, -0.05) is 44.2 Å². The molecule has 4 atom stereocenters. The summed E-state index contributed by atoms with van der Waals surface area (Å²) in [7, 11) is 0. The maximum absolute atomic E-state index is 12.9. The van der Waals surface area contributed by atoms with Crippen LogP contribution in [0.4, 0.5) is 4.79 Å². The summed E-state index contributed by atoms with van der Waals surface area (Å²) in [6.07, 6.45) is -0.599. The minimum absolute atomic E-state index is 0.0700. The molecule has 0 spiro atoms. The Kier molecular flexibility index (Phi) is 4.07. The molecule has 2 fully saturated rings. The zero-order valence-corrected chi connectivity index (χ0v) is 13.2. The third kappa shape index (κ3) is 2.69. The summed E-state index contributed by atoms with van der Waals surface area (Å²) < 4.78 is 4.88. The fourth-order valence-electron chi connectivity index (χ4n) is 3.32. The molecular weight excluding hydrogens is 296 g/mol. The van der Waals surface area contributed by atoms with Crippen molar-refractivity contribution in [1.29, 1.82) is 0 Å². The Morgan fingerprint density at radius 2 is 1.91 bits per heavy atom. The predicted octanol–water partition coefficient (Wildman–Crippen LogP) is 1.72. The van der Waals surface area contributed by atoms with E-state index in [1.54, 1.807) is 0 Å². The van der Waals surface area contributed by atoms with Crippen LogP contribution in [0.1, 0.15) is 25.5 Å². The third-order valence-corrected chi connectivity index (χ3v) is 4.90. The van der Waals surface area contributed by atoms with Gasteiger partial charge < -0.3 is 10.1 Å². The number of nitrogens with zero attached hydrogens (tertiary/aromatic N) is 1. The number of rotatable bonds is 2. The van der Waals surface area contributed by atoms with Crippen molar-refractivity contribution in [1.82, 2.24) is 10.2 Å². The molecule has 0 saturated carbocycles. The summed E-state index contributed by atoms with van der Waals surface area (Å²) in [6, 6.07) is 8.96. The van der Waals surface area contributed by atoms with Gasteiger partial charge in [-0.05, 0) is 11.5 Å². The molecule has 0 aromatic heterocycles. The quantitative estimate of drug-likeness (QED) is 0.901. The van der Waals surface area contributed by atoms with E-state index in [9.17, 15) is 14.4 Å². The van der Waals surface area contributed by atoms with Gasteiger partial charge in [-0.2, -0.15) is 0 Å². The number of hydrogen-bond acceptors (Lipinski definition) is 4. The van der Waals surface area contributed by atoms with E-state index in [1.165, 1.54) is 0 Å². The van der Waals surface area contributed by atoms with Gasteiger partial charge in [-0.15, -0.1) is 0 Å². The lowest BCUT2D eigenvalue weighted by Crippen LogP contribution is -2.54. The number of benzene rings is 1. The molecule has 0 aliphatic carbocycles. The Morgan fingerprint density at radius 1 is 1.22 bits per heavy atom. The number of carbonyl (C=O) groups is 3. The van der Waals surface area contributed by atoms with Crippen molar-refractivity contribution in [3.63, 3.8) is 0 Å². The van der Waals surface area contributed by atoms with Crippen molar-refractivity contribution >= 4 is 17.9 Å². The first-order valence-corrected chi connectivity index (χ1v) is 7.84. The Balaban J connectivity index is 1.96. The first-order chi connectivity index (χ1) is 11.0. The fraction of sp³-hybridized carbons (Fsp3) is 0.471. The molecule has 6 heteroatoms. The Bertz CT molecular complexity index is 631. The van der Waals surface area contributed by atoms with Crippen LogP contribution in [-0.2, 0) is 14.3 Å². The normalized spacial score (nSPS) is 30.8. The molecule has 0 bridgehead atoms. The van der Waals surface area contributed by atoms with Gasteiger partial charge in [-0.3, -0.25) is 9.59 Å². The van der Waals surface area contributed by atoms with E-state index in [0.717, 1.165) is 10.5 Å². The van der Waals surface area contributed by atoms with Crippen LogP contribution in [0.3, 0.4) is 0 Å². The molecule has 23 heavy (non-hydrogen) atoms. The minimum atomic E-state index is -0.599. The number of nitrogens with one attached hydrogen (secondary N) is 1. The second kappa shape index (κ2) is 6.02. The van der Waals surface area contributed by atoms with Crippen LogP contribution in [0.2, 0.25) is 0 Å². The van der Waals surface area contributed by atoms with E-state index in [4.69, 9.17) is 4.74 Å². The molecule has 0 unspecified atom stereocenters. The Morgan fingerprint density at radius 3 is 2.52 bits per heavy atom. The molecule has 3 rings (SSSR count). The maximum Gasteiger partial charge on any atom is 0.416 e. The zero-order chi connectivity index (χ0) is 16.6. The lowest BCUT2D eigenvalue weighted by molar-refractivity contribution is -0.142. The predicted molar refractivity (Wildman–Crippen MR) is 82.2 cm³/mol. The standard InChI is InChI=1S/C17H20N2O4/c1-10-11(2)15(20)18-14(12-6-4-3-5-7-12)13(10)16(21)19-8-9-23-17(19)22/h3-7,10-11,13-14H,8-9H2,1-2H3,(H,18,20)/t10-,11-,13+,14+/m0/s1. The summed E-state index contributed by atoms with van der Waals surface area (Å²) in [4.78, 5) is 38.0. The van der Waals surface area contributed by atoms with Crippen molar-refractivity contribution in [2.75, 3.05) is 13.2 Å². The number of cyclic esters (lactones) is 1. The Hall–Kier alpha value is -2.37. The number of ether oxygens (including phenoxy) is 1. The van der Waals surface area contributed by atoms with Crippen molar-refractivity contribution < 1.29 is 19.1 Å². The maximum atomic E-state index is 12.9. The molecule has 2 heterocycles. The second-order valence-corrected chi connectivity index (χ2v) is 6.17. The Labute approximate surface area is 134 Å². The van der Waals surface area contributed by atoms with Crippen molar-refractivity contribution in [3.8, 4) is 0 Å². The summed E-state index contributed by atoms with van der Waals surface area (Å²) in [5.41, 5.74) is 0.866. The van der Waals surface area contributed by atoms with Gasteiger partial charge in [0.2, 0.25) is 11.8 Å². The van der Waals surface area contributed by atoms with Crippen LogP contribution < -0.4 is 5.32 Å². The van der Waals surface area contributed by atoms with Gasteiger partial charge in [0, 0.05) is 5.92 Å². The molecule has 6 nitrogen and oxygen atoms in total. The van der Waals surface area contributed by atoms with E-state index < -0.39 is 18.1 Å². The van der Waals surface area contributed by atoms with E-state index in [1.807, 2.05) is 44.2 Å². The molecule has 0 radical (unpaired) electrons. The molecule has 122 valence electrons. The molecular formula is C17H20N2O4. The average molecular weight is 316 g/mol. The van der Waals surface area contributed by atoms with Crippen LogP contribution in [-0.4, -0.2) is 36.0 Å². The highest BCUT2D eigenvalue weighted by atomic mass is 16.6. The van der Waals surface area contributed by atoms with Crippen molar-refractivity contribution in [2.24, 2.45) is 17.8 Å².